The molecular formula is C9H10FNO2. The molecule has 70 valence electrons. The van der Waals surface area contributed by atoms with Crippen LogP contribution in [0.4, 0.5) is 4.39 Å². The predicted octanol–water partition coefficient (Wildman–Crippen LogP) is 1.23. The number of fused-ring (bicyclic) bond motifs is 1. The van der Waals surface area contributed by atoms with Crippen LogP contribution < -0.4 is 15.2 Å². The molecule has 1 aromatic rings. The minimum absolute atomic E-state index is 0.250. The summed E-state index contributed by atoms with van der Waals surface area (Å²) in [6.45, 7) is 0.333. The largest absolute Gasteiger partial charge is 0.497 e. The summed E-state index contributed by atoms with van der Waals surface area (Å²) in [6.07, 6.45) is 0. The number of hydrogen-bond donors (Lipinski definition) is 1. The summed E-state index contributed by atoms with van der Waals surface area (Å²) in [6, 6.07) is 2.74. The van der Waals surface area contributed by atoms with Gasteiger partial charge in [0.25, 0.3) is 0 Å². The highest BCUT2D eigenvalue weighted by molar-refractivity contribution is 5.45. The van der Waals surface area contributed by atoms with Crippen molar-refractivity contribution in [1.82, 2.24) is 0 Å². The van der Waals surface area contributed by atoms with Crippen LogP contribution in [-0.4, -0.2) is 13.7 Å². The first kappa shape index (κ1) is 8.31. The summed E-state index contributed by atoms with van der Waals surface area (Å²) >= 11 is 0. The van der Waals surface area contributed by atoms with Gasteiger partial charge in [0.1, 0.15) is 12.4 Å². The molecule has 0 saturated carbocycles. The topological polar surface area (TPSA) is 44.5 Å². The van der Waals surface area contributed by atoms with Gasteiger partial charge in [0.2, 0.25) is 0 Å². The number of methoxy groups -OCH3 is 1. The molecule has 3 nitrogen and oxygen atoms in total. The molecule has 1 atom stereocenters. The zero-order chi connectivity index (χ0) is 9.42. The molecule has 4 heteroatoms. The van der Waals surface area contributed by atoms with Crippen LogP contribution in [0, 0.1) is 5.82 Å². The lowest BCUT2D eigenvalue weighted by Crippen LogP contribution is -2.10. The molecule has 0 spiro atoms. The SMILES string of the molecule is COc1cc(F)c2c(c1)C(N)CO2. The number of nitrogens with two attached hydrogens (primary N) is 1. The van der Waals surface area contributed by atoms with Gasteiger partial charge in [-0.15, -0.1) is 0 Å². The van der Waals surface area contributed by atoms with Gasteiger partial charge in [-0.3, -0.25) is 0 Å². The van der Waals surface area contributed by atoms with Gasteiger partial charge in [0.05, 0.1) is 13.2 Å². The Morgan fingerprint density at radius 2 is 2.38 bits per heavy atom. The molecule has 0 saturated heterocycles. The monoisotopic (exact) mass is 183 g/mol. The molecule has 0 aromatic heterocycles. The van der Waals surface area contributed by atoms with E-state index in [1.165, 1.54) is 13.2 Å². The van der Waals surface area contributed by atoms with E-state index < -0.39 is 5.82 Å². The average Bonchev–Trinajstić information content (AvgIpc) is 2.48. The second kappa shape index (κ2) is 2.88. The van der Waals surface area contributed by atoms with E-state index in [1.807, 2.05) is 0 Å². The Morgan fingerprint density at radius 3 is 3.08 bits per heavy atom. The van der Waals surface area contributed by atoms with Crippen LogP contribution in [0.2, 0.25) is 0 Å². The molecule has 1 unspecified atom stereocenters. The minimum Gasteiger partial charge on any atom is -0.497 e. The third-order valence-corrected chi connectivity index (χ3v) is 2.09. The second-order valence-electron chi connectivity index (χ2n) is 2.95. The first-order valence-electron chi connectivity index (χ1n) is 3.98. The van der Waals surface area contributed by atoms with Crippen molar-refractivity contribution in [2.45, 2.75) is 6.04 Å². The number of hydrogen-bond acceptors (Lipinski definition) is 3. The maximum absolute atomic E-state index is 13.3. The maximum atomic E-state index is 13.3. The van der Waals surface area contributed by atoms with Gasteiger partial charge in [-0.2, -0.15) is 0 Å². The minimum atomic E-state index is -0.415. The molecular weight excluding hydrogens is 173 g/mol. The Balaban J connectivity index is 2.53. The Morgan fingerprint density at radius 1 is 1.62 bits per heavy atom. The molecule has 0 amide bonds. The molecule has 0 bridgehead atoms. The molecule has 13 heavy (non-hydrogen) atoms. The van der Waals surface area contributed by atoms with Gasteiger partial charge in [-0.05, 0) is 6.07 Å². The fourth-order valence-electron chi connectivity index (χ4n) is 1.40. The molecule has 2 N–H and O–H groups in total. The molecule has 1 aliphatic heterocycles. The number of benzene rings is 1. The number of halogens is 1. The second-order valence-corrected chi connectivity index (χ2v) is 2.95. The fourth-order valence-corrected chi connectivity index (χ4v) is 1.40. The van der Waals surface area contributed by atoms with E-state index in [4.69, 9.17) is 15.2 Å². The van der Waals surface area contributed by atoms with Crippen LogP contribution in [-0.2, 0) is 0 Å². The van der Waals surface area contributed by atoms with Crippen molar-refractivity contribution in [3.05, 3.63) is 23.5 Å². The fraction of sp³-hybridized carbons (Fsp3) is 0.333. The summed E-state index contributed by atoms with van der Waals surface area (Å²) in [5.41, 5.74) is 6.37. The van der Waals surface area contributed by atoms with Crippen LogP contribution in [0.1, 0.15) is 11.6 Å². The van der Waals surface area contributed by atoms with E-state index in [0.717, 1.165) is 0 Å². The van der Waals surface area contributed by atoms with Gasteiger partial charge < -0.3 is 15.2 Å². The zero-order valence-electron chi connectivity index (χ0n) is 7.21. The third kappa shape index (κ3) is 1.23. The Bertz CT molecular complexity index is 341. The van der Waals surface area contributed by atoms with Crippen molar-refractivity contribution in [2.24, 2.45) is 5.73 Å². The Kier molecular flexibility index (Phi) is 1.84. The van der Waals surface area contributed by atoms with Crippen LogP contribution in [0.25, 0.3) is 0 Å². The van der Waals surface area contributed by atoms with Gasteiger partial charge in [0.15, 0.2) is 11.6 Å². The molecule has 0 aliphatic carbocycles. The molecule has 0 radical (unpaired) electrons. The van der Waals surface area contributed by atoms with Gasteiger partial charge in [-0.1, -0.05) is 0 Å². The van der Waals surface area contributed by atoms with Crippen molar-refractivity contribution >= 4 is 0 Å². The highest BCUT2D eigenvalue weighted by Crippen LogP contribution is 2.36. The molecule has 1 aliphatic rings. The van der Waals surface area contributed by atoms with E-state index >= 15 is 0 Å². The normalized spacial score (nSPS) is 19.5. The number of ether oxygens (including phenoxy) is 2. The highest BCUT2D eigenvalue weighted by atomic mass is 19.1. The Hall–Kier alpha value is -1.29. The van der Waals surface area contributed by atoms with Gasteiger partial charge in [0, 0.05) is 11.6 Å². The van der Waals surface area contributed by atoms with Crippen molar-refractivity contribution in [3.63, 3.8) is 0 Å². The summed E-state index contributed by atoms with van der Waals surface area (Å²) in [5, 5.41) is 0. The van der Waals surface area contributed by atoms with Crippen LogP contribution in [0.15, 0.2) is 12.1 Å². The lowest BCUT2D eigenvalue weighted by Gasteiger charge is -2.05. The quantitative estimate of drug-likeness (QED) is 0.712. The summed E-state index contributed by atoms with van der Waals surface area (Å²) < 4.78 is 23.3. The van der Waals surface area contributed by atoms with Gasteiger partial charge >= 0.3 is 0 Å². The molecule has 1 heterocycles. The molecule has 1 aromatic carbocycles. The highest BCUT2D eigenvalue weighted by Gasteiger charge is 2.24. The Labute approximate surface area is 75.3 Å². The lowest BCUT2D eigenvalue weighted by atomic mass is 10.1. The van der Waals surface area contributed by atoms with E-state index in [-0.39, 0.29) is 11.8 Å². The lowest BCUT2D eigenvalue weighted by molar-refractivity contribution is 0.318. The van der Waals surface area contributed by atoms with Crippen molar-refractivity contribution in [1.29, 1.82) is 0 Å². The van der Waals surface area contributed by atoms with Crippen molar-refractivity contribution in [3.8, 4) is 11.5 Å². The number of rotatable bonds is 1. The van der Waals surface area contributed by atoms with Gasteiger partial charge in [-0.25, -0.2) is 4.39 Å². The van der Waals surface area contributed by atoms with Crippen molar-refractivity contribution < 1.29 is 13.9 Å². The zero-order valence-corrected chi connectivity index (χ0v) is 7.21. The predicted molar refractivity (Wildman–Crippen MR) is 45.4 cm³/mol. The first-order valence-corrected chi connectivity index (χ1v) is 3.98. The van der Waals surface area contributed by atoms with Crippen LogP contribution >= 0.6 is 0 Å². The summed E-state index contributed by atoms with van der Waals surface area (Å²) in [7, 11) is 1.49. The van der Waals surface area contributed by atoms with E-state index in [2.05, 4.69) is 0 Å². The standard InChI is InChI=1S/C9H10FNO2/c1-12-5-2-6-8(11)4-13-9(6)7(10)3-5/h2-3,8H,4,11H2,1H3. The van der Waals surface area contributed by atoms with E-state index in [9.17, 15) is 4.39 Å². The average molecular weight is 183 g/mol. The van der Waals surface area contributed by atoms with Crippen molar-refractivity contribution in [2.75, 3.05) is 13.7 Å². The van der Waals surface area contributed by atoms with Crippen LogP contribution in [0.5, 0.6) is 11.5 Å². The van der Waals surface area contributed by atoms with Crippen LogP contribution in [0.3, 0.4) is 0 Å². The third-order valence-electron chi connectivity index (χ3n) is 2.09. The molecule has 0 fully saturated rings. The molecule has 2 rings (SSSR count). The van der Waals surface area contributed by atoms with E-state index in [1.54, 1.807) is 6.07 Å². The summed E-state index contributed by atoms with van der Waals surface area (Å²) in [4.78, 5) is 0. The van der Waals surface area contributed by atoms with E-state index in [0.29, 0.717) is 17.9 Å². The first-order chi connectivity index (χ1) is 6.22. The summed E-state index contributed by atoms with van der Waals surface area (Å²) in [5.74, 6) is 0.313. The smallest absolute Gasteiger partial charge is 0.169 e. The maximum Gasteiger partial charge on any atom is 0.169 e.